The van der Waals surface area contributed by atoms with Crippen molar-refractivity contribution in [2.24, 2.45) is 5.92 Å². The van der Waals surface area contributed by atoms with Crippen molar-refractivity contribution >= 4 is 34.9 Å². The maximum absolute atomic E-state index is 14.0. The number of benzene rings is 2. The van der Waals surface area contributed by atoms with Gasteiger partial charge >= 0.3 is 0 Å². The largest absolute Gasteiger partial charge is 0.493 e. The van der Waals surface area contributed by atoms with E-state index in [9.17, 15) is 9.59 Å². The SMILES string of the molecule is COc1cc2c(cc1OC[C@H]1CCCO1)[C@H](c1ccc(Cl)cc1)N(c1ccc(N(C)CC3CCC(N4CC(=O)N(C)C4)CC3)nc1)C(=O)C2. The van der Waals surface area contributed by atoms with E-state index in [1.165, 1.54) is 0 Å². The monoisotopic (exact) mass is 687 g/mol. The summed E-state index contributed by atoms with van der Waals surface area (Å²) in [5.41, 5.74) is 3.56. The molecule has 0 unspecified atom stereocenters. The number of amides is 2. The van der Waals surface area contributed by atoms with Crippen molar-refractivity contribution in [3.63, 3.8) is 0 Å². The quantitative estimate of drug-likeness (QED) is 0.268. The molecule has 10 nitrogen and oxygen atoms in total. The van der Waals surface area contributed by atoms with Crippen LogP contribution in [0.2, 0.25) is 5.02 Å². The summed E-state index contributed by atoms with van der Waals surface area (Å²) in [6, 6.07) is 15.7. The first kappa shape index (κ1) is 33.6. The maximum atomic E-state index is 14.0. The van der Waals surface area contributed by atoms with E-state index in [0.717, 1.165) is 86.5 Å². The fraction of sp³-hybridized carbons (Fsp3) is 0.500. The van der Waals surface area contributed by atoms with Crippen molar-refractivity contribution in [2.45, 2.75) is 63.1 Å². The minimum atomic E-state index is -0.407. The third kappa shape index (κ3) is 7.23. The summed E-state index contributed by atoms with van der Waals surface area (Å²) in [6.07, 6.45) is 8.62. The number of ether oxygens (including phenoxy) is 3. The van der Waals surface area contributed by atoms with Crippen LogP contribution in [0.5, 0.6) is 11.5 Å². The first-order valence-electron chi connectivity index (χ1n) is 17.4. The summed E-state index contributed by atoms with van der Waals surface area (Å²) in [7, 11) is 5.60. The van der Waals surface area contributed by atoms with Gasteiger partial charge in [0.15, 0.2) is 11.5 Å². The van der Waals surface area contributed by atoms with Gasteiger partial charge in [-0.05, 0) is 97.5 Å². The predicted octanol–water partition coefficient (Wildman–Crippen LogP) is 5.71. The molecule has 260 valence electrons. The Kier molecular flexibility index (Phi) is 9.99. The lowest BCUT2D eigenvalue weighted by atomic mass is 9.85. The lowest BCUT2D eigenvalue weighted by Crippen LogP contribution is -2.41. The van der Waals surface area contributed by atoms with Crippen molar-refractivity contribution in [3.8, 4) is 11.5 Å². The molecule has 0 spiro atoms. The molecule has 0 radical (unpaired) electrons. The van der Waals surface area contributed by atoms with Gasteiger partial charge in [0, 0.05) is 38.3 Å². The zero-order chi connectivity index (χ0) is 34.1. The van der Waals surface area contributed by atoms with Crippen LogP contribution in [0.4, 0.5) is 11.5 Å². The molecule has 7 rings (SSSR count). The van der Waals surface area contributed by atoms with Crippen LogP contribution in [-0.2, 0) is 20.7 Å². The average Bonchev–Trinajstić information content (AvgIpc) is 3.76. The molecule has 1 aromatic heterocycles. The Hall–Kier alpha value is -3.86. The number of methoxy groups -OCH3 is 1. The Morgan fingerprint density at radius 1 is 1.00 bits per heavy atom. The first-order valence-corrected chi connectivity index (χ1v) is 17.8. The van der Waals surface area contributed by atoms with Gasteiger partial charge in [-0.2, -0.15) is 0 Å². The second-order valence-corrected chi connectivity index (χ2v) is 14.4. The second-order valence-electron chi connectivity index (χ2n) is 14.0. The Balaban J connectivity index is 1.09. The highest BCUT2D eigenvalue weighted by molar-refractivity contribution is 6.30. The molecule has 3 fully saturated rings. The second kappa shape index (κ2) is 14.5. The van der Waals surface area contributed by atoms with Crippen LogP contribution in [0.15, 0.2) is 54.7 Å². The number of hydrogen-bond acceptors (Lipinski definition) is 8. The van der Waals surface area contributed by atoms with E-state index in [1.54, 1.807) is 7.11 Å². The summed E-state index contributed by atoms with van der Waals surface area (Å²) in [6.45, 7) is 3.41. The lowest BCUT2D eigenvalue weighted by molar-refractivity contribution is -0.125. The molecule has 4 aliphatic rings. The number of likely N-dealkylation sites (N-methyl/N-ethyl adjacent to an activating group) is 1. The molecule has 3 aliphatic heterocycles. The average molecular weight is 688 g/mol. The highest BCUT2D eigenvalue weighted by atomic mass is 35.5. The maximum Gasteiger partial charge on any atom is 0.237 e. The number of halogens is 1. The third-order valence-corrected chi connectivity index (χ3v) is 10.9. The third-order valence-electron chi connectivity index (χ3n) is 10.6. The van der Waals surface area contributed by atoms with Crippen LogP contribution in [0.3, 0.4) is 0 Å². The van der Waals surface area contributed by atoms with E-state index in [4.69, 9.17) is 30.8 Å². The van der Waals surface area contributed by atoms with Gasteiger partial charge in [0.05, 0.1) is 50.8 Å². The smallest absolute Gasteiger partial charge is 0.237 e. The van der Waals surface area contributed by atoms with E-state index in [-0.39, 0.29) is 24.3 Å². The highest BCUT2D eigenvalue weighted by Gasteiger charge is 2.37. The standard InChI is InChI=1S/C38H46ClN5O5/c1-41(21-25-6-12-29(13-7-25)43-22-37(46)42(2)24-43)35-15-14-30(20-40-35)44-36(45)18-27-17-33(47-3)34(49-23-31-5-4-16-48-31)19-32(27)38(44)26-8-10-28(39)11-9-26/h8-11,14-15,17,19-20,25,29,31,38H,4-7,12-13,16,18,21-24H2,1-3H3/t25?,29?,31-,38+/m1/s1. The van der Waals surface area contributed by atoms with Crippen LogP contribution in [0.25, 0.3) is 0 Å². The van der Waals surface area contributed by atoms with Gasteiger partial charge in [0.25, 0.3) is 0 Å². The molecular weight excluding hydrogens is 642 g/mol. The van der Waals surface area contributed by atoms with E-state index in [1.807, 2.05) is 71.6 Å². The fourth-order valence-electron chi connectivity index (χ4n) is 7.91. The molecule has 2 saturated heterocycles. The van der Waals surface area contributed by atoms with Gasteiger partial charge in [-0.15, -0.1) is 0 Å². The molecule has 2 aromatic carbocycles. The molecule has 1 saturated carbocycles. The van der Waals surface area contributed by atoms with Crippen molar-refractivity contribution in [3.05, 3.63) is 76.4 Å². The zero-order valence-corrected chi connectivity index (χ0v) is 29.4. The van der Waals surface area contributed by atoms with Gasteiger partial charge < -0.3 is 24.0 Å². The minimum Gasteiger partial charge on any atom is -0.493 e. The van der Waals surface area contributed by atoms with Crippen LogP contribution in [-0.4, -0.2) is 92.9 Å². The number of carbonyl (C=O) groups is 2. The number of carbonyl (C=O) groups excluding carboxylic acids is 2. The van der Waals surface area contributed by atoms with Crippen LogP contribution in [0, 0.1) is 5.92 Å². The van der Waals surface area contributed by atoms with Gasteiger partial charge in [0.1, 0.15) is 12.4 Å². The summed E-state index contributed by atoms with van der Waals surface area (Å²) in [5, 5.41) is 0.634. The van der Waals surface area contributed by atoms with Gasteiger partial charge in [-0.1, -0.05) is 23.7 Å². The number of anilines is 2. The topological polar surface area (TPSA) is 87.7 Å². The van der Waals surface area contributed by atoms with Crippen LogP contribution >= 0.6 is 11.6 Å². The number of pyridine rings is 1. The molecule has 11 heteroatoms. The summed E-state index contributed by atoms with van der Waals surface area (Å²) in [4.78, 5) is 39.1. The molecule has 0 bridgehead atoms. The first-order chi connectivity index (χ1) is 23.8. The van der Waals surface area contributed by atoms with Gasteiger partial charge in [0.2, 0.25) is 11.8 Å². The van der Waals surface area contributed by atoms with Crippen LogP contribution in [0.1, 0.15) is 61.3 Å². The number of fused-ring (bicyclic) bond motifs is 1. The molecule has 49 heavy (non-hydrogen) atoms. The van der Waals surface area contributed by atoms with Crippen LogP contribution < -0.4 is 19.3 Å². The predicted molar refractivity (Wildman–Crippen MR) is 190 cm³/mol. The van der Waals surface area contributed by atoms with Gasteiger partial charge in [-0.3, -0.25) is 19.4 Å². The molecule has 1 aliphatic carbocycles. The molecule has 2 atom stereocenters. The minimum absolute atomic E-state index is 0.0203. The van der Waals surface area contributed by atoms with Crippen molar-refractivity contribution in [1.29, 1.82) is 0 Å². The van der Waals surface area contributed by atoms with Crippen molar-refractivity contribution in [2.75, 3.05) is 64.0 Å². The number of rotatable bonds is 10. The number of hydrogen-bond donors (Lipinski definition) is 0. The van der Waals surface area contributed by atoms with E-state index >= 15 is 0 Å². The van der Waals surface area contributed by atoms with Gasteiger partial charge in [-0.25, -0.2) is 4.98 Å². The number of nitrogens with zero attached hydrogens (tertiary/aromatic N) is 5. The normalized spacial score (nSPS) is 24.3. The molecule has 4 heterocycles. The van der Waals surface area contributed by atoms with Crippen molar-refractivity contribution < 1.29 is 23.8 Å². The van der Waals surface area contributed by atoms with Crippen molar-refractivity contribution in [1.82, 2.24) is 14.8 Å². The summed E-state index contributed by atoms with van der Waals surface area (Å²) >= 11 is 6.31. The summed E-state index contributed by atoms with van der Waals surface area (Å²) in [5.74, 6) is 2.88. The number of aromatic nitrogens is 1. The fourth-order valence-corrected chi connectivity index (χ4v) is 8.04. The molecule has 3 aromatic rings. The Morgan fingerprint density at radius 3 is 2.45 bits per heavy atom. The lowest BCUT2D eigenvalue weighted by Gasteiger charge is -2.38. The summed E-state index contributed by atoms with van der Waals surface area (Å²) < 4.78 is 17.8. The van der Waals surface area contributed by atoms with E-state index < -0.39 is 6.04 Å². The Labute approximate surface area is 293 Å². The Morgan fingerprint density at radius 2 is 1.80 bits per heavy atom. The van der Waals surface area contributed by atoms with E-state index in [0.29, 0.717) is 41.6 Å². The molecule has 2 amide bonds. The zero-order valence-electron chi connectivity index (χ0n) is 28.6. The molecule has 0 N–H and O–H groups in total. The highest BCUT2D eigenvalue weighted by Crippen LogP contribution is 2.44. The van der Waals surface area contributed by atoms with E-state index in [2.05, 4.69) is 16.8 Å². The Bertz CT molecular complexity index is 1640. The molecular formula is C38H46ClN5O5.